The highest BCUT2D eigenvalue weighted by Crippen LogP contribution is 2.35. The zero-order valence-electron chi connectivity index (χ0n) is 20.3. The van der Waals surface area contributed by atoms with E-state index < -0.39 is 0 Å². The molecule has 4 rings (SSSR count). The number of benzene rings is 3. The molecule has 0 spiro atoms. The third-order valence-electron chi connectivity index (χ3n) is 6.41. The number of nitrogens with zero attached hydrogens (tertiary/aromatic N) is 1. The van der Waals surface area contributed by atoms with E-state index in [0.717, 1.165) is 35.1 Å². The molecule has 3 aromatic rings. The molecule has 5 heteroatoms. The number of aliphatic hydroxyl groups is 1. The minimum atomic E-state index is -0.0680. The highest BCUT2D eigenvalue weighted by Gasteiger charge is 2.27. The van der Waals surface area contributed by atoms with Gasteiger partial charge in [0.05, 0.1) is 5.56 Å². The minimum absolute atomic E-state index is 0.0680. The van der Waals surface area contributed by atoms with Crippen LogP contribution in [0.2, 0.25) is 0 Å². The normalized spacial score (nSPS) is 13.9. The maximum Gasteiger partial charge on any atom is 0.257 e. The molecule has 0 atom stereocenters. The van der Waals surface area contributed by atoms with Gasteiger partial charge in [-0.15, -0.1) is 0 Å². The van der Waals surface area contributed by atoms with Crippen molar-refractivity contribution >= 4 is 11.5 Å². The van der Waals surface area contributed by atoms with Crippen LogP contribution in [0.3, 0.4) is 0 Å². The molecule has 0 aromatic heterocycles. The summed E-state index contributed by atoms with van der Waals surface area (Å²) in [5.74, 6) is 1.32. The highest BCUT2D eigenvalue weighted by molar-refractivity contribution is 5.98. The van der Waals surface area contributed by atoms with E-state index in [9.17, 15) is 9.90 Å². The SMILES string of the molecule is C=C(C)c1cc(C(=O)N2CCC(CO)CC2)c(OCc2ccccc2)cc1OCc1ccccc1. The van der Waals surface area contributed by atoms with Crippen LogP contribution in [0.5, 0.6) is 11.5 Å². The fourth-order valence-corrected chi connectivity index (χ4v) is 4.26. The lowest BCUT2D eigenvalue weighted by atomic mass is 9.96. The van der Waals surface area contributed by atoms with E-state index in [0.29, 0.717) is 43.4 Å². The van der Waals surface area contributed by atoms with Crippen LogP contribution in [0.1, 0.15) is 46.8 Å². The summed E-state index contributed by atoms with van der Waals surface area (Å²) in [6.07, 6.45) is 1.60. The lowest BCUT2D eigenvalue weighted by Gasteiger charge is -2.31. The molecule has 1 N–H and O–H groups in total. The standard InChI is InChI=1S/C30H33NO4/c1-22(2)26-17-27(30(33)31-15-13-23(19-32)14-16-31)29(35-21-25-11-7-4-8-12-25)18-28(26)34-20-24-9-5-3-6-10-24/h3-12,17-18,23,32H,1,13-16,19-21H2,2H3. The van der Waals surface area contributed by atoms with Gasteiger partial charge in [-0.25, -0.2) is 0 Å². The first-order valence-corrected chi connectivity index (χ1v) is 12.1. The van der Waals surface area contributed by atoms with Crippen LogP contribution in [0.15, 0.2) is 79.4 Å². The van der Waals surface area contributed by atoms with Crippen LogP contribution in [-0.2, 0) is 13.2 Å². The minimum Gasteiger partial charge on any atom is -0.488 e. The molecule has 0 saturated carbocycles. The molecular weight excluding hydrogens is 438 g/mol. The number of allylic oxidation sites excluding steroid dienone is 1. The molecule has 182 valence electrons. The zero-order chi connectivity index (χ0) is 24.6. The summed E-state index contributed by atoms with van der Waals surface area (Å²) in [7, 11) is 0. The molecule has 35 heavy (non-hydrogen) atoms. The van der Waals surface area contributed by atoms with Crippen molar-refractivity contribution in [2.45, 2.75) is 33.0 Å². The van der Waals surface area contributed by atoms with Gasteiger partial charge < -0.3 is 19.5 Å². The van der Waals surface area contributed by atoms with E-state index in [2.05, 4.69) is 6.58 Å². The number of ether oxygens (including phenoxy) is 2. The number of hydrogen-bond donors (Lipinski definition) is 1. The second-order valence-electron chi connectivity index (χ2n) is 9.09. The maximum atomic E-state index is 13.6. The summed E-state index contributed by atoms with van der Waals surface area (Å²) < 4.78 is 12.4. The van der Waals surface area contributed by atoms with Crippen molar-refractivity contribution in [1.82, 2.24) is 4.90 Å². The van der Waals surface area contributed by atoms with E-state index in [4.69, 9.17) is 9.47 Å². The number of carbonyl (C=O) groups excluding carboxylic acids is 1. The number of amides is 1. The van der Waals surface area contributed by atoms with Crippen molar-refractivity contribution in [3.8, 4) is 11.5 Å². The Hall–Kier alpha value is -3.57. The zero-order valence-corrected chi connectivity index (χ0v) is 20.3. The van der Waals surface area contributed by atoms with Gasteiger partial charge in [0.1, 0.15) is 24.7 Å². The van der Waals surface area contributed by atoms with E-state index in [1.807, 2.05) is 84.6 Å². The number of hydrogen-bond acceptors (Lipinski definition) is 4. The van der Waals surface area contributed by atoms with Gasteiger partial charge in [0.2, 0.25) is 0 Å². The number of carbonyl (C=O) groups is 1. The lowest BCUT2D eigenvalue weighted by Crippen LogP contribution is -2.39. The molecule has 0 bridgehead atoms. The Labute approximate surface area is 207 Å². The smallest absolute Gasteiger partial charge is 0.257 e. The van der Waals surface area contributed by atoms with E-state index in [1.54, 1.807) is 0 Å². The van der Waals surface area contributed by atoms with Crippen LogP contribution in [-0.4, -0.2) is 35.6 Å². The van der Waals surface area contributed by atoms with Crippen molar-refractivity contribution < 1.29 is 19.4 Å². The molecule has 5 nitrogen and oxygen atoms in total. The fraction of sp³-hybridized carbons (Fsp3) is 0.300. The van der Waals surface area contributed by atoms with Gasteiger partial charge >= 0.3 is 0 Å². The first kappa shape index (κ1) is 24.6. The Morgan fingerprint density at radius 1 is 0.886 bits per heavy atom. The average molecular weight is 472 g/mol. The van der Waals surface area contributed by atoms with Crippen LogP contribution in [0.4, 0.5) is 0 Å². The third-order valence-corrected chi connectivity index (χ3v) is 6.41. The number of rotatable bonds is 9. The highest BCUT2D eigenvalue weighted by atomic mass is 16.5. The molecule has 0 unspecified atom stereocenters. The molecule has 3 aromatic carbocycles. The van der Waals surface area contributed by atoms with Crippen LogP contribution in [0.25, 0.3) is 5.57 Å². The van der Waals surface area contributed by atoms with Crippen molar-refractivity contribution in [1.29, 1.82) is 0 Å². The Balaban J connectivity index is 1.64. The summed E-state index contributed by atoms with van der Waals surface area (Å²) in [6.45, 7) is 8.20. The summed E-state index contributed by atoms with van der Waals surface area (Å²) in [5.41, 5.74) is 4.19. The summed E-state index contributed by atoms with van der Waals surface area (Å²) >= 11 is 0. The van der Waals surface area contributed by atoms with Gasteiger partial charge in [0.25, 0.3) is 5.91 Å². The van der Waals surface area contributed by atoms with E-state index >= 15 is 0 Å². The number of piperidine rings is 1. The Morgan fingerprint density at radius 2 is 1.40 bits per heavy atom. The molecular formula is C30H33NO4. The molecule has 1 amide bonds. The van der Waals surface area contributed by atoms with Gasteiger partial charge in [-0.3, -0.25) is 4.79 Å². The summed E-state index contributed by atoms with van der Waals surface area (Å²) in [6, 6.07) is 23.5. The Bertz CT molecular complexity index is 1140. The summed E-state index contributed by atoms with van der Waals surface area (Å²) in [4.78, 5) is 15.5. The Morgan fingerprint density at radius 3 is 1.89 bits per heavy atom. The van der Waals surface area contributed by atoms with Gasteiger partial charge in [-0.05, 0) is 48.4 Å². The van der Waals surface area contributed by atoms with Gasteiger partial charge in [-0.2, -0.15) is 0 Å². The third kappa shape index (κ3) is 6.31. The molecule has 1 aliphatic heterocycles. The number of likely N-dealkylation sites (tertiary alicyclic amines) is 1. The molecule has 0 aliphatic carbocycles. The monoisotopic (exact) mass is 471 g/mol. The molecule has 1 heterocycles. The second kappa shape index (κ2) is 11.7. The molecule has 1 fully saturated rings. The van der Waals surface area contributed by atoms with Crippen molar-refractivity contribution in [3.05, 3.63) is 102 Å². The topological polar surface area (TPSA) is 59.0 Å². The van der Waals surface area contributed by atoms with Crippen LogP contribution >= 0.6 is 0 Å². The second-order valence-corrected chi connectivity index (χ2v) is 9.09. The van der Waals surface area contributed by atoms with E-state index in [-0.39, 0.29) is 18.4 Å². The first-order valence-electron chi connectivity index (χ1n) is 12.1. The molecule has 1 saturated heterocycles. The molecule has 1 aliphatic rings. The predicted molar refractivity (Wildman–Crippen MR) is 138 cm³/mol. The fourth-order valence-electron chi connectivity index (χ4n) is 4.26. The van der Waals surface area contributed by atoms with Gasteiger partial charge in [0.15, 0.2) is 0 Å². The van der Waals surface area contributed by atoms with Crippen molar-refractivity contribution in [2.24, 2.45) is 5.92 Å². The van der Waals surface area contributed by atoms with E-state index in [1.165, 1.54) is 0 Å². The predicted octanol–water partition coefficient (Wildman–Crippen LogP) is 5.72. The maximum absolute atomic E-state index is 13.6. The largest absolute Gasteiger partial charge is 0.488 e. The van der Waals surface area contributed by atoms with Crippen molar-refractivity contribution in [2.75, 3.05) is 19.7 Å². The van der Waals surface area contributed by atoms with Crippen molar-refractivity contribution in [3.63, 3.8) is 0 Å². The van der Waals surface area contributed by atoms with Gasteiger partial charge in [0, 0.05) is 31.3 Å². The van der Waals surface area contributed by atoms with Crippen LogP contribution in [0, 0.1) is 5.92 Å². The Kier molecular flexibility index (Phi) is 8.22. The summed E-state index contributed by atoms with van der Waals surface area (Å²) in [5, 5.41) is 9.47. The number of aliphatic hydroxyl groups excluding tert-OH is 1. The molecule has 0 radical (unpaired) electrons. The average Bonchev–Trinajstić information content (AvgIpc) is 2.91. The first-order chi connectivity index (χ1) is 17.0. The van der Waals surface area contributed by atoms with Gasteiger partial charge in [-0.1, -0.05) is 67.2 Å². The van der Waals surface area contributed by atoms with Crippen LogP contribution < -0.4 is 9.47 Å². The lowest BCUT2D eigenvalue weighted by molar-refractivity contribution is 0.0646. The quantitative estimate of drug-likeness (QED) is 0.434.